The summed E-state index contributed by atoms with van der Waals surface area (Å²) in [5, 5.41) is 0. The minimum absolute atomic E-state index is 0.0668. The molecule has 0 aromatic rings. The number of allylic oxidation sites excluding steroid dienone is 2. The molecule has 0 amide bonds. The van der Waals surface area contributed by atoms with Gasteiger partial charge in [-0.25, -0.2) is 0 Å². The van der Waals surface area contributed by atoms with E-state index in [0.29, 0.717) is 32.1 Å². The fourth-order valence-corrected chi connectivity index (χ4v) is 5.24. The number of carbonyl (C=O) groups is 3. The predicted octanol–water partition coefficient (Wildman–Crippen LogP) is 6.57. The van der Waals surface area contributed by atoms with Crippen molar-refractivity contribution in [2.24, 2.45) is 17.3 Å². The van der Waals surface area contributed by atoms with Crippen LogP contribution in [0.15, 0.2) is 12.2 Å². The number of ketones is 2. The lowest BCUT2D eigenvalue weighted by molar-refractivity contribution is -0.133. The molecule has 5 nitrogen and oxygen atoms in total. The second kappa shape index (κ2) is 15.2. The van der Waals surface area contributed by atoms with Gasteiger partial charge < -0.3 is 9.05 Å². The Bertz CT molecular complexity index is 621. The van der Waals surface area contributed by atoms with Gasteiger partial charge >= 0.3 is 5.97 Å². The summed E-state index contributed by atoms with van der Waals surface area (Å²) < 4.78 is 10.6. The summed E-state index contributed by atoms with van der Waals surface area (Å²) >= 11 is 0. The second-order valence-electron chi connectivity index (χ2n) is 8.94. The van der Waals surface area contributed by atoms with Gasteiger partial charge in [0.1, 0.15) is 19.1 Å². The van der Waals surface area contributed by atoms with Gasteiger partial charge in [0.15, 0.2) is 0 Å². The van der Waals surface area contributed by atoms with E-state index >= 15 is 0 Å². The standard InChI is InChI=1S/C22H40O5P4/c1-4-22(2,3)20(24)14-13-17-16(18(23)15-19(17)26-28)11-9-7-5-6-8-10-12-21(25)27-31(29)30/h7,9,16-17,19H,4-6,8,10-15,28-30H2,1-3H3/b9-7-/t16?,17-,19?/m1/s1. The van der Waals surface area contributed by atoms with Crippen LogP contribution in [0, 0.1) is 17.3 Å². The first-order valence-electron chi connectivity index (χ1n) is 11.2. The maximum absolute atomic E-state index is 12.5. The Morgan fingerprint density at radius 2 is 1.87 bits per heavy atom. The van der Waals surface area contributed by atoms with Crippen LogP contribution in [-0.4, -0.2) is 23.6 Å². The molecule has 1 aliphatic rings. The van der Waals surface area contributed by atoms with E-state index < -0.39 is 7.53 Å². The summed E-state index contributed by atoms with van der Waals surface area (Å²) in [6.45, 7) is 6.02. The third-order valence-corrected chi connectivity index (χ3v) is 7.74. The molecule has 0 bridgehead atoms. The average Bonchev–Trinajstić information content (AvgIpc) is 3.01. The van der Waals surface area contributed by atoms with E-state index in [0.717, 1.165) is 32.1 Å². The van der Waals surface area contributed by atoms with E-state index in [1.54, 1.807) is 0 Å². The van der Waals surface area contributed by atoms with Crippen LogP contribution in [-0.2, 0) is 23.4 Å². The molecule has 1 fully saturated rings. The van der Waals surface area contributed by atoms with Gasteiger partial charge in [-0.15, -0.1) is 0 Å². The Hall–Kier alpha value is 0.230. The maximum Gasteiger partial charge on any atom is 0.309 e. The van der Waals surface area contributed by atoms with Crippen LogP contribution in [0.2, 0.25) is 0 Å². The first-order valence-corrected chi connectivity index (χ1v) is 16.2. The van der Waals surface area contributed by atoms with E-state index in [1.807, 2.05) is 20.8 Å². The SMILES string of the molecule is CCC(C)(C)C(=O)CC[C@H]1C(OP)CC(=O)C1C/C=C\CCCCCC(=O)OP(P)P. The fourth-order valence-electron chi connectivity index (χ4n) is 3.91. The number of unbranched alkanes of at least 4 members (excludes halogenated alkanes) is 3. The van der Waals surface area contributed by atoms with E-state index in [9.17, 15) is 14.4 Å². The Labute approximate surface area is 196 Å². The second-order valence-corrected chi connectivity index (χ2v) is 15.0. The van der Waals surface area contributed by atoms with Gasteiger partial charge in [0.2, 0.25) is 0 Å². The van der Waals surface area contributed by atoms with Crippen molar-refractivity contribution >= 4 is 52.4 Å². The van der Waals surface area contributed by atoms with E-state index in [2.05, 4.69) is 39.5 Å². The topological polar surface area (TPSA) is 69.7 Å². The molecule has 0 aromatic heterocycles. The molecule has 6 atom stereocenters. The van der Waals surface area contributed by atoms with Gasteiger partial charge in [0, 0.05) is 40.1 Å². The number of rotatable bonds is 15. The molecule has 0 aromatic carbocycles. The maximum atomic E-state index is 12.5. The molecule has 0 aliphatic heterocycles. The van der Waals surface area contributed by atoms with Gasteiger partial charge in [-0.05, 0) is 44.4 Å². The minimum atomic E-state index is -0.787. The third-order valence-electron chi connectivity index (χ3n) is 6.34. The Balaban J connectivity index is 2.42. The molecule has 178 valence electrons. The van der Waals surface area contributed by atoms with Gasteiger partial charge in [0.05, 0.1) is 6.10 Å². The first-order chi connectivity index (χ1) is 14.6. The number of hydrogen-bond acceptors (Lipinski definition) is 5. The molecule has 1 rings (SSSR count). The van der Waals surface area contributed by atoms with Gasteiger partial charge in [-0.2, -0.15) is 0 Å². The van der Waals surface area contributed by atoms with Crippen molar-refractivity contribution in [1.82, 2.24) is 0 Å². The zero-order valence-corrected chi connectivity index (χ0v) is 23.5. The van der Waals surface area contributed by atoms with Crippen molar-refractivity contribution in [3.8, 4) is 0 Å². The lowest BCUT2D eigenvalue weighted by Crippen LogP contribution is -2.27. The summed E-state index contributed by atoms with van der Waals surface area (Å²) in [4.78, 5) is 36.6. The van der Waals surface area contributed by atoms with E-state index in [4.69, 9.17) is 9.05 Å². The average molecular weight is 508 g/mol. The Kier molecular flexibility index (Phi) is 14.3. The summed E-state index contributed by atoms with van der Waals surface area (Å²) in [5.74, 6) is 0.399. The molecule has 0 saturated heterocycles. The van der Waals surface area contributed by atoms with Gasteiger partial charge in [0.25, 0.3) is 0 Å². The molecule has 0 N–H and O–H groups in total. The van der Waals surface area contributed by atoms with Crippen molar-refractivity contribution in [2.75, 3.05) is 0 Å². The highest BCUT2D eigenvalue weighted by molar-refractivity contribution is 8.41. The molecule has 1 aliphatic carbocycles. The zero-order valence-electron chi connectivity index (χ0n) is 19.2. The molecule has 0 heterocycles. The van der Waals surface area contributed by atoms with Crippen LogP contribution in [0.5, 0.6) is 0 Å². The summed E-state index contributed by atoms with van der Waals surface area (Å²) in [6, 6.07) is 0. The van der Waals surface area contributed by atoms with Crippen LogP contribution < -0.4 is 0 Å². The van der Waals surface area contributed by atoms with Crippen LogP contribution in [0.3, 0.4) is 0 Å². The molecule has 0 radical (unpaired) electrons. The number of hydrogen-bond donors (Lipinski definition) is 0. The van der Waals surface area contributed by atoms with Crippen molar-refractivity contribution in [1.29, 1.82) is 0 Å². The van der Waals surface area contributed by atoms with Gasteiger partial charge in [-0.3, -0.25) is 14.4 Å². The highest BCUT2D eigenvalue weighted by atomic mass is 32.4. The zero-order chi connectivity index (χ0) is 23.4. The van der Waals surface area contributed by atoms with Gasteiger partial charge in [-0.1, -0.05) is 57.2 Å². The van der Waals surface area contributed by atoms with Crippen molar-refractivity contribution < 1.29 is 23.4 Å². The highest BCUT2D eigenvalue weighted by Crippen LogP contribution is 2.53. The lowest BCUT2D eigenvalue weighted by Gasteiger charge is -2.25. The summed E-state index contributed by atoms with van der Waals surface area (Å²) in [6.07, 6.45) is 11.5. The predicted molar refractivity (Wildman–Crippen MR) is 139 cm³/mol. The monoisotopic (exact) mass is 508 g/mol. The molecular formula is C22H40O5P4. The smallest absolute Gasteiger partial charge is 0.309 e. The number of carbonyl (C=O) groups excluding carboxylic acids is 3. The van der Waals surface area contributed by atoms with Crippen LogP contribution in [0.4, 0.5) is 0 Å². The highest BCUT2D eigenvalue weighted by Gasteiger charge is 2.42. The molecule has 5 unspecified atom stereocenters. The summed E-state index contributed by atoms with van der Waals surface area (Å²) in [7, 11) is 6.47. The Morgan fingerprint density at radius 1 is 1.16 bits per heavy atom. The van der Waals surface area contributed by atoms with Crippen molar-refractivity contribution in [3.63, 3.8) is 0 Å². The minimum Gasteiger partial charge on any atom is -0.437 e. The van der Waals surface area contributed by atoms with Crippen LogP contribution >= 0.6 is 34.8 Å². The van der Waals surface area contributed by atoms with E-state index in [1.165, 1.54) is 0 Å². The number of Topliss-reactive ketones (excluding diaryl/α,β-unsaturated/α-hetero) is 2. The largest absolute Gasteiger partial charge is 0.437 e. The van der Waals surface area contributed by atoms with Crippen molar-refractivity contribution in [2.45, 2.75) is 91.1 Å². The molecule has 1 saturated carbocycles. The quantitative estimate of drug-likeness (QED) is 0.142. The van der Waals surface area contributed by atoms with E-state index in [-0.39, 0.29) is 40.9 Å². The normalized spacial score (nSPS) is 21.9. The molecular weight excluding hydrogens is 468 g/mol. The Morgan fingerprint density at radius 3 is 2.48 bits per heavy atom. The third kappa shape index (κ3) is 10.8. The van der Waals surface area contributed by atoms with Crippen LogP contribution in [0.1, 0.15) is 85.0 Å². The molecule has 31 heavy (non-hydrogen) atoms. The first kappa shape index (κ1) is 29.3. The lowest BCUT2D eigenvalue weighted by atomic mass is 9.80. The van der Waals surface area contributed by atoms with Crippen LogP contribution in [0.25, 0.3) is 0 Å². The molecule has 0 spiro atoms. The molecule has 9 heteroatoms. The summed E-state index contributed by atoms with van der Waals surface area (Å²) in [5.41, 5.74) is -0.306. The van der Waals surface area contributed by atoms with Crippen molar-refractivity contribution in [3.05, 3.63) is 12.2 Å². The fraction of sp³-hybridized carbons (Fsp3) is 0.773.